The van der Waals surface area contributed by atoms with Crippen molar-refractivity contribution in [3.63, 3.8) is 0 Å². The number of likely N-dealkylation sites (N-methyl/N-ethyl adjacent to an activating group) is 1. The van der Waals surface area contributed by atoms with Crippen LogP contribution in [0.5, 0.6) is 0 Å². The lowest BCUT2D eigenvalue weighted by Gasteiger charge is -2.21. The molecule has 1 heterocycles. The molecule has 4 rings (SSSR count). The summed E-state index contributed by atoms with van der Waals surface area (Å²) in [6, 6.07) is 7.71. The Morgan fingerprint density at radius 1 is 1.32 bits per heavy atom. The fourth-order valence-corrected chi connectivity index (χ4v) is 5.18. The highest BCUT2D eigenvalue weighted by Gasteiger charge is 2.38. The van der Waals surface area contributed by atoms with Gasteiger partial charge in [-0.25, -0.2) is 4.79 Å². The van der Waals surface area contributed by atoms with Gasteiger partial charge in [-0.3, -0.25) is 4.79 Å². The van der Waals surface area contributed by atoms with E-state index in [2.05, 4.69) is 5.32 Å². The van der Waals surface area contributed by atoms with Crippen molar-refractivity contribution in [2.45, 2.75) is 37.0 Å². The molecule has 0 spiro atoms. The van der Waals surface area contributed by atoms with Gasteiger partial charge in [0.1, 0.15) is 17.2 Å². The number of nitrogens with zero attached hydrogens (tertiary/aromatic N) is 1. The van der Waals surface area contributed by atoms with Gasteiger partial charge in [0.25, 0.3) is 5.91 Å². The quantitative estimate of drug-likeness (QED) is 0.602. The first-order valence-electron chi connectivity index (χ1n) is 9.51. The van der Waals surface area contributed by atoms with Crippen LogP contribution < -0.4 is 5.32 Å². The molecule has 1 fully saturated rings. The van der Waals surface area contributed by atoms with E-state index in [0.717, 1.165) is 24.1 Å². The van der Waals surface area contributed by atoms with E-state index in [1.165, 1.54) is 24.6 Å². The van der Waals surface area contributed by atoms with Crippen LogP contribution >= 0.6 is 23.4 Å². The number of thioether (sulfide) groups is 1. The highest BCUT2D eigenvalue weighted by Crippen LogP contribution is 2.33. The second-order valence-corrected chi connectivity index (χ2v) is 8.92. The standard InChI is InChI=1S/C22H21ClN2O2S/c1-25-18-13-15(21(26)24-17-7-2-3-8-17)9-10-19(18)28-20(22(25)27)12-14-5-4-6-16(23)11-14/h4-6,9-13,17,19H,2-3,7-8H2,1H3/p+1/b20-12-. The van der Waals surface area contributed by atoms with Crippen molar-refractivity contribution in [2.24, 2.45) is 0 Å². The summed E-state index contributed by atoms with van der Waals surface area (Å²) in [5, 5.41) is 3.76. The van der Waals surface area contributed by atoms with E-state index in [9.17, 15) is 9.59 Å². The maximum absolute atomic E-state index is 12.9. The maximum atomic E-state index is 12.9. The zero-order chi connectivity index (χ0) is 19.7. The minimum atomic E-state index is -0.0710. The minimum Gasteiger partial charge on any atom is -0.349 e. The van der Waals surface area contributed by atoms with Crippen LogP contribution in [0.1, 0.15) is 31.2 Å². The Balaban J connectivity index is 1.58. The Labute approximate surface area is 174 Å². The van der Waals surface area contributed by atoms with Crippen molar-refractivity contribution in [2.75, 3.05) is 7.05 Å². The van der Waals surface area contributed by atoms with Crippen molar-refractivity contribution in [3.8, 4) is 0 Å². The number of nitrogens with one attached hydrogen (secondary N) is 1. The Morgan fingerprint density at radius 2 is 2.11 bits per heavy atom. The van der Waals surface area contributed by atoms with Crippen molar-refractivity contribution in [1.82, 2.24) is 5.32 Å². The molecule has 0 aromatic heterocycles. The van der Waals surface area contributed by atoms with Crippen LogP contribution in [-0.2, 0) is 9.59 Å². The third kappa shape index (κ3) is 4.01. The second-order valence-electron chi connectivity index (χ2n) is 7.30. The second kappa shape index (κ2) is 8.10. The summed E-state index contributed by atoms with van der Waals surface area (Å²) >= 11 is 7.55. The van der Waals surface area contributed by atoms with Gasteiger partial charge in [-0.1, -0.05) is 60.5 Å². The first-order chi connectivity index (χ1) is 13.5. The van der Waals surface area contributed by atoms with Crippen molar-refractivity contribution in [3.05, 3.63) is 63.6 Å². The summed E-state index contributed by atoms with van der Waals surface area (Å²) in [6.07, 6.45) is 12.0. The summed E-state index contributed by atoms with van der Waals surface area (Å²) < 4.78 is 1.64. The fourth-order valence-electron chi connectivity index (χ4n) is 3.76. The number of carbonyl (C=O) groups is 2. The van der Waals surface area contributed by atoms with Gasteiger partial charge in [-0.05, 0) is 36.6 Å². The monoisotopic (exact) mass is 413 g/mol. The van der Waals surface area contributed by atoms with Crippen LogP contribution in [0.15, 0.2) is 53.0 Å². The molecule has 1 aliphatic heterocycles. The molecule has 0 bridgehead atoms. The highest BCUT2D eigenvalue weighted by molar-refractivity contribution is 8.05. The smallest absolute Gasteiger partial charge is 0.349 e. The average Bonchev–Trinajstić information content (AvgIpc) is 3.19. The van der Waals surface area contributed by atoms with Gasteiger partial charge < -0.3 is 5.32 Å². The van der Waals surface area contributed by atoms with E-state index in [1.54, 1.807) is 11.6 Å². The van der Waals surface area contributed by atoms with E-state index in [4.69, 9.17) is 11.6 Å². The lowest BCUT2D eigenvalue weighted by molar-refractivity contribution is -0.413. The number of rotatable bonds is 3. The SMILES string of the molecule is C[N+]1=C2C=C(C(=O)NC3CCCC3)C=CC2S/C(=C\c2cccc(Cl)c2)C1=O. The predicted octanol–water partition coefficient (Wildman–Crippen LogP) is 3.96. The van der Waals surface area contributed by atoms with Gasteiger partial charge in [0.15, 0.2) is 0 Å². The Bertz CT molecular complexity index is 955. The molecule has 2 amide bonds. The molecule has 1 aromatic carbocycles. The zero-order valence-electron chi connectivity index (χ0n) is 15.7. The first kappa shape index (κ1) is 19.2. The summed E-state index contributed by atoms with van der Waals surface area (Å²) in [7, 11) is 1.76. The summed E-state index contributed by atoms with van der Waals surface area (Å²) in [4.78, 5) is 26.1. The molecule has 3 aliphatic rings. The molecule has 1 saturated carbocycles. The van der Waals surface area contributed by atoms with Crippen LogP contribution in [0.4, 0.5) is 0 Å². The van der Waals surface area contributed by atoms with Crippen LogP contribution in [0.3, 0.4) is 0 Å². The number of amides is 2. The highest BCUT2D eigenvalue weighted by atomic mass is 35.5. The van der Waals surface area contributed by atoms with E-state index >= 15 is 0 Å². The van der Waals surface area contributed by atoms with Crippen LogP contribution in [0, 0.1) is 0 Å². The van der Waals surface area contributed by atoms with Crippen LogP contribution in [0.25, 0.3) is 6.08 Å². The van der Waals surface area contributed by atoms with Crippen molar-refractivity contribution < 1.29 is 14.2 Å². The summed E-state index contributed by atoms with van der Waals surface area (Å²) in [6.45, 7) is 0. The molecule has 6 heteroatoms. The molecule has 2 aliphatic carbocycles. The molecule has 4 nitrogen and oxygen atoms in total. The first-order valence-corrected chi connectivity index (χ1v) is 10.8. The average molecular weight is 414 g/mol. The van der Waals surface area contributed by atoms with Crippen molar-refractivity contribution in [1.29, 1.82) is 0 Å². The zero-order valence-corrected chi connectivity index (χ0v) is 17.2. The predicted molar refractivity (Wildman–Crippen MR) is 115 cm³/mol. The lowest BCUT2D eigenvalue weighted by atomic mass is 10.0. The molecule has 0 saturated heterocycles. The molecular formula is C22H22ClN2O2S+. The van der Waals surface area contributed by atoms with Crippen molar-refractivity contribution >= 4 is 47.0 Å². The largest absolute Gasteiger partial charge is 0.425 e. The normalized spacial score (nSPS) is 23.8. The van der Waals surface area contributed by atoms with E-state index in [0.29, 0.717) is 15.5 Å². The summed E-state index contributed by atoms with van der Waals surface area (Å²) in [5.41, 5.74) is 2.35. The number of benzene rings is 1. The number of halogens is 1. The van der Waals surface area contributed by atoms with Gasteiger partial charge in [-0.2, -0.15) is 4.58 Å². The fraction of sp³-hybridized carbons (Fsp3) is 0.318. The minimum absolute atomic E-state index is 0.0103. The topological polar surface area (TPSA) is 49.2 Å². The Morgan fingerprint density at radius 3 is 2.86 bits per heavy atom. The number of fused-ring (bicyclic) bond motifs is 1. The van der Waals surface area contributed by atoms with Gasteiger partial charge in [0.2, 0.25) is 5.71 Å². The number of hydrogen-bond acceptors (Lipinski definition) is 3. The van der Waals surface area contributed by atoms with Gasteiger partial charge in [0.05, 0.1) is 0 Å². The van der Waals surface area contributed by atoms with E-state index < -0.39 is 0 Å². The molecule has 1 aromatic rings. The van der Waals surface area contributed by atoms with E-state index in [1.807, 2.05) is 48.6 Å². The number of allylic oxidation sites excluding steroid dienone is 1. The molecule has 1 N–H and O–H groups in total. The Hall–Kier alpha value is -2.11. The Kier molecular flexibility index (Phi) is 5.56. The van der Waals surface area contributed by atoms with Crippen LogP contribution in [-0.4, -0.2) is 40.4 Å². The molecule has 28 heavy (non-hydrogen) atoms. The third-order valence-corrected chi connectivity index (χ3v) is 6.74. The summed E-state index contributed by atoms with van der Waals surface area (Å²) in [5.74, 6) is -0.126. The van der Waals surface area contributed by atoms with Gasteiger partial charge in [-0.15, -0.1) is 0 Å². The number of hydrogen-bond donors (Lipinski definition) is 1. The molecule has 1 atom stereocenters. The lowest BCUT2D eigenvalue weighted by Crippen LogP contribution is -2.38. The third-order valence-electron chi connectivity index (χ3n) is 5.30. The van der Waals surface area contributed by atoms with E-state index in [-0.39, 0.29) is 23.1 Å². The number of carbonyl (C=O) groups excluding carboxylic acids is 2. The van der Waals surface area contributed by atoms with Gasteiger partial charge in [0, 0.05) is 22.7 Å². The molecular weight excluding hydrogens is 392 g/mol. The van der Waals surface area contributed by atoms with Crippen LogP contribution in [0.2, 0.25) is 5.02 Å². The maximum Gasteiger partial charge on any atom is 0.425 e. The molecule has 144 valence electrons. The molecule has 1 unspecified atom stereocenters. The van der Waals surface area contributed by atoms with Gasteiger partial charge >= 0.3 is 5.91 Å². The molecule has 0 radical (unpaired) electrons.